The fourth-order valence-electron chi connectivity index (χ4n) is 12.5. The minimum Gasteiger partial charge on any atom is -0.481 e. The molecule has 4 rings (SSSR count). The summed E-state index contributed by atoms with van der Waals surface area (Å²) in [5, 5.41) is 11.1. The average molecular weight is 653 g/mol. The van der Waals surface area contributed by atoms with Crippen LogP contribution in [0.25, 0.3) is 0 Å². The van der Waals surface area contributed by atoms with Crippen LogP contribution in [0.2, 0.25) is 0 Å². The quantitative estimate of drug-likeness (QED) is 0.0989. The van der Waals surface area contributed by atoms with Gasteiger partial charge in [0.1, 0.15) is 0 Å². The number of carbonyl (C=O) groups is 1. The van der Waals surface area contributed by atoms with Crippen LogP contribution >= 0.6 is 0 Å². The fourth-order valence-corrected chi connectivity index (χ4v) is 12.5. The zero-order valence-electron chi connectivity index (χ0n) is 32.7. The molecule has 3 fully saturated rings. The van der Waals surface area contributed by atoms with Gasteiger partial charge in [0.2, 0.25) is 0 Å². The van der Waals surface area contributed by atoms with Crippen LogP contribution in [0.3, 0.4) is 0 Å². The Labute approximate surface area is 293 Å². The molecule has 0 aromatic heterocycles. The van der Waals surface area contributed by atoms with Crippen LogP contribution in [0.4, 0.5) is 0 Å². The summed E-state index contributed by atoms with van der Waals surface area (Å²) in [4.78, 5) is 13.4. The largest absolute Gasteiger partial charge is 0.481 e. The maximum Gasteiger partial charge on any atom is 0.309 e. The van der Waals surface area contributed by atoms with E-state index in [0.29, 0.717) is 16.7 Å². The van der Waals surface area contributed by atoms with Gasteiger partial charge in [-0.2, -0.15) is 0 Å². The highest BCUT2D eigenvalue weighted by atomic mass is 16.4. The van der Waals surface area contributed by atoms with E-state index >= 15 is 0 Å². The Bertz CT molecular complexity index is 980. The Hall–Kier alpha value is -0.790. The molecule has 47 heavy (non-hydrogen) atoms. The molecule has 4 aliphatic rings. The second-order valence-corrected chi connectivity index (χ2v) is 18.7. The van der Waals surface area contributed by atoms with E-state index in [2.05, 4.69) is 54.5 Å². The van der Waals surface area contributed by atoms with Crippen molar-refractivity contribution in [3.63, 3.8) is 0 Å². The molecule has 0 amide bonds. The Morgan fingerprint density at radius 3 is 2.00 bits per heavy atom. The Morgan fingerprint density at radius 2 is 1.40 bits per heavy atom. The van der Waals surface area contributed by atoms with Gasteiger partial charge in [-0.3, -0.25) is 4.79 Å². The Morgan fingerprint density at radius 1 is 0.787 bits per heavy atom. The van der Waals surface area contributed by atoms with Crippen LogP contribution in [0, 0.1) is 57.7 Å². The highest BCUT2D eigenvalue weighted by Crippen LogP contribution is 2.68. The number of carboxylic acid groups (broad SMARTS) is 1. The molecule has 0 aliphatic heterocycles. The molecule has 4 aliphatic carbocycles. The number of hydrogen-bond acceptors (Lipinski definition) is 1. The molecular weight excluding hydrogens is 572 g/mol. The van der Waals surface area contributed by atoms with Crippen molar-refractivity contribution in [2.75, 3.05) is 0 Å². The minimum absolute atomic E-state index is 0.298. The van der Waals surface area contributed by atoms with Crippen molar-refractivity contribution in [1.29, 1.82) is 0 Å². The molecule has 272 valence electrons. The van der Waals surface area contributed by atoms with Gasteiger partial charge in [-0.05, 0) is 116 Å². The third-order valence-corrected chi connectivity index (χ3v) is 15.5. The lowest BCUT2D eigenvalue weighted by Gasteiger charge is -2.59. The summed E-state index contributed by atoms with van der Waals surface area (Å²) >= 11 is 0. The maximum absolute atomic E-state index is 13.4. The zero-order chi connectivity index (χ0) is 34.1. The van der Waals surface area contributed by atoms with Gasteiger partial charge in [0.15, 0.2) is 0 Å². The van der Waals surface area contributed by atoms with Crippen molar-refractivity contribution in [2.45, 2.75) is 209 Å². The summed E-state index contributed by atoms with van der Waals surface area (Å²) in [7, 11) is 0. The van der Waals surface area contributed by atoms with Crippen molar-refractivity contribution >= 4 is 5.97 Å². The molecule has 0 bridgehead atoms. The number of rotatable bonds is 21. The predicted molar refractivity (Wildman–Crippen MR) is 203 cm³/mol. The standard InChI is InChI=1S/C45H80O2/c1-8-10-12-14-15-17-19-30-45(42(46)47,29-18-16-13-11-9-2)37-27-31-43(6)36(33-37)23-24-38-40-26-25-39(35(5)22-20-21-34(3)4)44(40,7)32-28-41(38)43/h23,34-35,37-41H,8-22,24-33H2,1-7H3,(H,46,47)/t35-,37+,38+,39-,40+,41+,43+,44-,45?/m1/s1. The molecular formula is C45H80O2. The first-order valence-electron chi connectivity index (χ1n) is 21.5. The lowest BCUT2D eigenvalue weighted by Crippen LogP contribution is -2.52. The number of carboxylic acids is 1. The summed E-state index contributed by atoms with van der Waals surface area (Å²) in [5.41, 5.74) is 1.99. The Balaban J connectivity index is 1.46. The van der Waals surface area contributed by atoms with Crippen molar-refractivity contribution in [2.24, 2.45) is 57.7 Å². The fraction of sp³-hybridized carbons (Fsp3) is 0.933. The van der Waals surface area contributed by atoms with E-state index in [1.807, 2.05) is 0 Å². The van der Waals surface area contributed by atoms with E-state index in [4.69, 9.17) is 0 Å². The maximum atomic E-state index is 13.4. The van der Waals surface area contributed by atoms with Gasteiger partial charge in [-0.1, -0.05) is 156 Å². The molecule has 3 saturated carbocycles. The normalized spacial score (nSPS) is 33.9. The third-order valence-electron chi connectivity index (χ3n) is 15.5. The van der Waals surface area contributed by atoms with E-state index in [9.17, 15) is 9.90 Å². The average Bonchev–Trinajstić information content (AvgIpc) is 3.40. The van der Waals surface area contributed by atoms with Crippen molar-refractivity contribution in [1.82, 2.24) is 0 Å². The van der Waals surface area contributed by atoms with E-state index < -0.39 is 11.4 Å². The minimum atomic E-state index is -0.524. The van der Waals surface area contributed by atoms with Gasteiger partial charge in [0, 0.05) is 0 Å². The second kappa shape index (κ2) is 17.9. The number of aliphatic carboxylic acids is 1. The molecule has 0 aromatic rings. The van der Waals surface area contributed by atoms with Gasteiger partial charge in [0.05, 0.1) is 5.41 Å². The summed E-state index contributed by atoms with van der Waals surface area (Å²) in [6.45, 7) is 17.3. The van der Waals surface area contributed by atoms with Crippen molar-refractivity contribution in [3.8, 4) is 0 Å². The topological polar surface area (TPSA) is 37.3 Å². The molecule has 0 spiro atoms. The van der Waals surface area contributed by atoms with Gasteiger partial charge in [-0.15, -0.1) is 0 Å². The van der Waals surface area contributed by atoms with Crippen LogP contribution in [-0.2, 0) is 4.79 Å². The molecule has 2 nitrogen and oxygen atoms in total. The lowest BCUT2D eigenvalue weighted by atomic mass is 9.45. The molecule has 0 heterocycles. The third kappa shape index (κ3) is 8.93. The first-order chi connectivity index (χ1) is 22.5. The summed E-state index contributed by atoms with van der Waals surface area (Å²) < 4.78 is 0. The first kappa shape index (κ1) is 39.0. The van der Waals surface area contributed by atoms with E-state index in [0.717, 1.165) is 74.0 Å². The SMILES string of the molecule is CCCCCCCCCC(CCCCCCC)(C(=O)O)[C@H]1CC[C@@]2(C)C(=CC[C@H]3[C@@H]4CC[C@H]([C@H](C)CCCC(C)C)[C@@]4(C)CC[C@@H]32)C1. The van der Waals surface area contributed by atoms with Crippen molar-refractivity contribution < 1.29 is 9.90 Å². The molecule has 1 N–H and O–H groups in total. The van der Waals surface area contributed by atoms with E-state index in [1.165, 1.54) is 122 Å². The highest BCUT2D eigenvalue weighted by molar-refractivity contribution is 5.75. The smallest absolute Gasteiger partial charge is 0.309 e. The van der Waals surface area contributed by atoms with Gasteiger partial charge in [0.25, 0.3) is 0 Å². The summed E-state index contributed by atoms with van der Waals surface area (Å²) in [6.07, 6.45) is 34.1. The zero-order valence-corrected chi connectivity index (χ0v) is 32.7. The predicted octanol–water partition coefficient (Wildman–Crippen LogP) is 14.2. The van der Waals surface area contributed by atoms with Crippen LogP contribution < -0.4 is 0 Å². The van der Waals surface area contributed by atoms with Crippen LogP contribution in [0.5, 0.6) is 0 Å². The summed E-state index contributed by atoms with van der Waals surface area (Å²) in [5.74, 6) is 5.02. The van der Waals surface area contributed by atoms with E-state index in [1.54, 1.807) is 5.57 Å². The second-order valence-electron chi connectivity index (χ2n) is 18.7. The van der Waals surface area contributed by atoms with Crippen LogP contribution in [-0.4, -0.2) is 11.1 Å². The number of allylic oxidation sites excluding steroid dienone is 2. The number of hydrogen-bond donors (Lipinski definition) is 1. The monoisotopic (exact) mass is 653 g/mol. The van der Waals surface area contributed by atoms with Crippen LogP contribution in [0.15, 0.2) is 11.6 Å². The van der Waals surface area contributed by atoms with Gasteiger partial charge >= 0.3 is 5.97 Å². The lowest BCUT2D eigenvalue weighted by molar-refractivity contribution is -0.156. The molecule has 9 atom stereocenters. The molecule has 0 saturated heterocycles. The van der Waals surface area contributed by atoms with Gasteiger partial charge < -0.3 is 5.11 Å². The molecule has 0 aromatic carbocycles. The van der Waals surface area contributed by atoms with Crippen molar-refractivity contribution in [3.05, 3.63) is 11.6 Å². The first-order valence-corrected chi connectivity index (χ1v) is 21.5. The molecule has 2 heteroatoms. The van der Waals surface area contributed by atoms with Gasteiger partial charge in [-0.25, -0.2) is 0 Å². The highest BCUT2D eigenvalue weighted by Gasteiger charge is 2.60. The molecule has 0 radical (unpaired) electrons. The van der Waals surface area contributed by atoms with Crippen LogP contribution in [0.1, 0.15) is 209 Å². The molecule has 1 unspecified atom stereocenters. The van der Waals surface area contributed by atoms with E-state index in [-0.39, 0.29) is 0 Å². The number of unbranched alkanes of at least 4 members (excludes halogenated alkanes) is 10. The number of fused-ring (bicyclic) bond motifs is 5. The Kier molecular flexibility index (Phi) is 14.9. The summed E-state index contributed by atoms with van der Waals surface area (Å²) in [6, 6.07) is 0.